The topological polar surface area (TPSA) is 38.7 Å². The van der Waals surface area contributed by atoms with Crippen LogP contribution >= 0.6 is 0 Å². The van der Waals surface area contributed by atoms with Crippen molar-refractivity contribution in [1.29, 1.82) is 0 Å². The summed E-state index contributed by atoms with van der Waals surface area (Å²) in [7, 11) is 6.30. The maximum atomic E-state index is 8.97. The maximum absolute atomic E-state index is 8.97. The molecule has 0 aromatic heterocycles. The van der Waals surface area contributed by atoms with Gasteiger partial charge in [0.1, 0.15) is 0 Å². The van der Waals surface area contributed by atoms with Crippen molar-refractivity contribution < 1.29 is 5.11 Å². The van der Waals surface area contributed by atoms with E-state index in [0.29, 0.717) is 12.1 Å². The van der Waals surface area contributed by atoms with Gasteiger partial charge in [-0.1, -0.05) is 6.92 Å². The summed E-state index contributed by atoms with van der Waals surface area (Å²) in [4.78, 5) is 4.83. The smallest absolute Gasteiger partial charge is 0.0446 e. The Morgan fingerprint density at radius 2 is 2.12 bits per heavy atom. The molecule has 1 aliphatic rings. The van der Waals surface area contributed by atoms with Crippen molar-refractivity contribution in [3.63, 3.8) is 0 Å². The molecule has 1 rings (SSSR count). The van der Waals surface area contributed by atoms with Crippen LogP contribution < -0.4 is 5.32 Å². The first-order chi connectivity index (χ1) is 7.58. The van der Waals surface area contributed by atoms with Crippen molar-refractivity contribution in [3.05, 3.63) is 0 Å². The van der Waals surface area contributed by atoms with Gasteiger partial charge in [-0.25, -0.2) is 0 Å². The molecular weight excluding hydrogens is 202 g/mol. The van der Waals surface area contributed by atoms with E-state index in [9.17, 15) is 0 Å². The van der Waals surface area contributed by atoms with Crippen LogP contribution in [0.25, 0.3) is 0 Å². The lowest BCUT2D eigenvalue weighted by molar-refractivity contribution is 0.221. The normalized spacial score (nSPS) is 28.9. The lowest BCUT2D eigenvalue weighted by atomic mass is 10.1. The number of hydrogen-bond acceptors (Lipinski definition) is 4. The van der Waals surface area contributed by atoms with Gasteiger partial charge in [-0.05, 0) is 33.5 Å². The first-order valence-corrected chi connectivity index (χ1v) is 6.25. The zero-order valence-electron chi connectivity index (χ0n) is 11.1. The lowest BCUT2D eigenvalue weighted by Gasteiger charge is -2.24. The molecule has 0 aromatic carbocycles. The molecule has 3 atom stereocenters. The molecule has 3 unspecified atom stereocenters. The fraction of sp³-hybridized carbons (Fsp3) is 1.00. The number of aliphatic hydroxyl groups is 1. The largest absolute Gasteiger partial charge is 0.396 e. The molecule has 0 aliphatic carbocycles. The van der Waals surface area contributed by atoms with Gasteiger partial charge in [0.25, 0.3) is 0 Å². The van der Waals surface area contributed by atoms with Crippen molar-refractivity contribution in [2.45, 2.75) is 25.4 Å². The summed E-state index contributed by atoms with van der Waals surface area (Å²) in [5.74, 6) is 0.738. The standard InChI is InChI=1S/C12H27N3O/c1-10-7-15(9-12(10)14(3)4)8-11(13-2)5-6-16/h10-13,16H,5-9H2,1-4H3. The Hall–Kier alpha value is -0.160. The Labute approximate surface area is 99.6 Å². The molecule has 1 saturated heterocycles. The molecule has 1 fully saturated rings. The highest BCUT2D eigenvalue weighted by atomic mass is 16.3. The summed E-state index contributed by atoms with van der Waals surface area (Å²) in [5, 5.41) is 12.2. The Morgan fingerprint density at radius 3 is 2.56 bits per heavy atom. The maximum Gasteiger partial charge on any atom is 0.0446 e. The Kier molecular flexibility index (Phi) is 5.69. The highest BCUT2D eigenvalue weighted by Gasteiger charge is 2.31. The van der Waals surface area contributed by atoms with Gasteiger partial charge < -0.3 is 15.3 Å². The van der Waals surface area contributed by atoms with Gasteiger partial charge in [-0.3, -0.25) is 4.90 Å². The molecule has 0 amide bonds. The molecule has 16 heavy (non-hydrogen) atoms. The van der Waals surface area contributed by atoms with Crippen LogP contribution in [0.1, 0.15) is 13.3 Å². The fourth-order valence-electron chi connectivity index (χ4n) is 2.66. The van der Waals surface area contributed by atoms with Crippen LogP contribution in [0.3, 0.4) is 0 Å². The fourth-order valence-corrected chi connectivity index (χ4v) is 2.66. The van der Waals surface area contributed by atoms with Crippen molar-refractivity contribution in [3.8, 4) is 0 Å². The second-order valence-electron chi connectivity index (χ2n) is 5.22. The van der Waals surface area contributed by atoms with Gasteiger partial charge >= 0.3 is 0 Å². The minimum absolute atomic E-state index is 0.270. The molecule has 96 valence electrons. The number of aliphatic hydroxyl groups excluding tert-OH is 1. The van der Waals surface area contributed by atoms with Crippen LogP contribution in [0.15, 0.2) is 0 Å². The number of hydrogen-bond donors (Lipinski definition) is 2. The van der Waals surface area contributed by atoms with Crippen LogP contribution in [0.2, 0.25) is 0 Å². The third-order valence-electron chi connectivity index (χ3n) is 3.68. The van der Waals surface area contributed by atoms with Gasteiger partial charge in [-0.2, -0.15) is 0 Å². The molecule has 0 spiro atoms. The Morgan fingerprint density at radius 1 is 1.44 bits per heavy atom. The minimum atomic E-state index is 0.270. The summed E-state index contributed by atoms with van der Waals surface area (Å²) >= 11 is 0. The number of nitrogens with zero attached hydrogens (tertiary/aromatic N) is 2. The van der Waals surface area contributed by atoms with Crippen LogP contribution in [-0.2, 0) is 0 Å². The van der Waals surface area contributed by atoms with Gasteiger partial charge in [0, 0.05) is 38.3 Å². The number of likely N-dealkylation sites (N-methyl/N-ethyl adjacent to an activating group) is 2. The lowest BCUT2D eigenvalue weighted by Crippen LogP contribution is -2.40. The molecule has 0 saturated carbocycles. The molecule has 1 heterocycles. The van der Waals surface area contributed by atoms with Gasteiger partial charge in [0.15, 0.2) is 0 Å². The van der Waals surface area contributed by atoms with Crippen LogP contribution in [-0.4, -0.2) is 74.4 Å². The predicted octanol–water partition coefficient (Wildman–Crippen LogP) is -0.161. The van der Waals surface area contributed by atoms with Crippen molar-refractivity contribution in [2.24, 2.45) is 5.92 Å². The molecule has 4 heteroatoms. The first kappa shape index (κ1) is 13.9. The summed E-state index contributed by atoms with van der Waals surface area (Å²) < 4.78 is 0. The minimum Gasteiger partial charge on any atom is -0.396 e. The molecule has 2 N–H and O–H groups in total. The number of nitrogens with one attached hydrogen (secondary N) is 1. The van der Waals surface area contributed by atoms with E-state index in [4.69, 9.17) is 5.11 Å². The zero-order chi connectivity index (χ0) is 12.1. The average Bonchev–Trinajstić information content (AvgIpc) is 2.59. The van der Waals surface area contributed by atoms with Crippen LogP contribution in [0.5, 0.6) is 0 Å². The summed E-state index contributed by atoms with van der Waals surface area (Å²) in [5.41, 5.74) is 0. The zero-order valence-corrected chi connectivity index (χ0v) is 11.1. The van der Waals surface area contributed by atoms with Gasteiger partial charge in [0.2, 0.25) is 0 Å². The van der Waals surface area contributed by atoms with E-state index >= 15 is 0 Å². The van der Waals surface area contributed by atoms with Crippen LogP contribution in [0.4, 0.5) is 0 Å². The monoisotopic (exact) mass is 229 g/mol. The average molecular weight is 229 g/mol. The van der Waals surface area contributed by atoms with Crippen molar-refractivity contribution in [1.82, 2.24) is 15.1 Å². The quantitative estimate of drug-likeness (QED) is 0.664. The second-order valence-corrected chi connectivity index (χ2v) is 5.22. The first-order valence-electron chi connectivity index (χ1n) is 6.25. The van der Waals surface area contributed by atoms with E-state index in [1.54, 1.807) is 0 Å². The molecule has 0 aromatic rings. The summed E-state index contributed by atoms with van der Waals surface area (Å²) in [6.07, 6.45) is 0.841. The highest BCUT2D eigenvalue weighted by molar-refractivity contribution is 4.88. The van der Waals surface area contributed by atoms with E-state index in [1.807, 2.05) is 7.05 Å². The number of likely N-dealkylation sites (tertiary alicyclic amines) is 1. The van der Waals surface area contributed by atoms with Crippen LogP contribution in [0, 0.1) is 5.92 Å². The third kappa shape index (κ3) is 3.70. The second kappa shape index (κ2) is 6.55. The Balaban J connectivity index is 2.39. The van der Waals surface area contributed by atoms with Crippen molar-refractivity contribution in [2.75, 3.05) is 47.4 Å². The SMILES string of the molecule is CNC(CCO)CN1CC(C)C(N(C)C)C1. The Bertz CT molecular complexity index is 199. The van der Waals surface area contributed by atoms with Gasteiger partial charge in [-0.15, -0.1) is 0 Å². The molecule has 1 aliphatic heterocycles. The van der Waals surface area contributed by atoms with E-state index in [0.717, 1.165) is 25.4 Å². The predicted molar refractivity (Wildman–Crippen MR) is 67.6 cm³/mol. The highest BCUT2D eigenvalue weighted by Crippen LogP contribution is 2.20. The van der Waals surface area contributed by atoms with E-state index in [2.05, 4.69) is 36.1 Å². The molecular formula is C12H27N3O. The summed E-state index contributed by atoms with van der Waals surface area (Å²) in [6.45, 7) is 5.97. The van der Waals surface area contributed by atoms with E-state index < -0.39 is 0 Å². The molecule has 4 nitrogen and oxygen atoms in total. The van der Waals surface area contributed by atoms with E-state index in [-0.39, 0.29) is 6.61 Å². The number of rotatable bonds is 6. The van der Waals surface area contributed by atoms with E-state index in [1.165, 1.54) is 6.54 Å². The third-order valence-corrected chi connectivity index (χ3v) is 3.68. The summed E-state index contributed by atoms with van der Waals surface area (Å²) in [6, 6.07) is 1.09. The van der Waals surface area contributed by atoms with Gasteiger partial charge in [0.05, 0.1) is 0 Å². The molecule has 0 bridgehead atoms. The van der Waals surface area contributed by atoms with Crippen molar-refractivity contribution >= 4 is 0 Å². The molecule has 0 radical (unpaired) electrons.